The Labute approximate surface area is 239 Å². The van der Waals surface area contributed by atoms with E-state index in [1.54, 1.807) is 45.0 Å². The second kappa shape index (κ2) is 13.6. The van der Waals surface area contributed by atoms with E-state index in [-0.39, 0.29) is 23.2 Å². The van der Waals surface area contributed by atoms with E-state index in [2.05, 4.69) is 5.32 Å². The third-order valence-electron chi connectivity index (χ3n) is 5.96. The summed E-state index contributed by atoms with van der Waals surface area (Å²) < 4.78 is 47.7. The highest BCUT2D eigenvalue weighted by molar-refractivity contribution is 7.92. The number of amides is 2. The molecular formula is C29H33ClFN3O5S. The van der Waals surface area contributed by atoms with Crippen LogP contribution < -0.4 is 14.4 Å². The van der Waals surface area contributed by atoms with Gasteiger partial charge in [0.2, 0.25) is 11.8 Å². The van der Waals surface area contributed by atoms with Gasteiger partial charge in [-0.05, 0) is 93.9 Å². The summed E-state index contributed by atoms with van der Waals surface area (Å²) in [6.45, 7) is 6.76. The molecule has 0 spiro atoms. The number of rotatable bonds is 12. The first-order valence-electron chi connectivity index (χ1n) is 12.8. The summed E-state index contributed by atoms with van der Waals surface area (Å²) in [6.07, 6.45) is 0. The number of carbonyl (C=O) groups excluding carboxylic acids is 2. The average Bonchev–Trinajstić information content (AvgIpc) is 2.90. The van der Waals surface area contributed by atoms with E-state index < -0.39 is 40.2 Å². The average molecular weight is 590 g/mol. The van der Waals surface area contributed by atoms with Gasteiger partial charge < -0.3 is 15.0 Å². The summed E-state index contributed by atoms with van der Waals surface area (Å²) in [5.41, 5.74) is 0.748. The first-order valence-corrected chi connectivity index (χ1v) is 14.6. The molecule has 0 aliphatic heterocycles. The van der Waals surface area contributed by atoms with E-state index in [1.807, 2.05) is 6.92 Å². The second-order valence-electron chi connectivity index (χ2n) is 9.38. The number of carbonyl (C=O) groups is 2. The van der Waals surface area contributed by atoms with Crippen molar-refractivity contribution in [2.75, 3.05) is 17.5 Å². The molecule has 0 saturated heterocycles. The van der Waals surface area contributed by atoms with Crippen molar-refractivity contribution in [1.29, 1.82) is 0 Å². The molecule has 0 aromatic heterocycles. The van der Waals surface area contributed by atoms with Crippen LogP contribution in [0, 0.1) is 5.82 Å². The fourth-order valence-electron chi connectivity index (χ4n) is 3.96. The van der Waals surface area contributed by atoms with Gasteiger partial charge >= 0.3 is 0 Å². The molecule has 40 heavy (non-hydrogen) atoms. The minimum absolute atomic E-state index is 0.00638. The van der Waals surface area contributed by atoms with Gasteiger partial charge in [-0.15, -0.1) is 0 Å². The van der Waals surface area contributed by atoms with Crippen LogP contribution in [-0.2, 0) is 26.2 Å². The topological polar surface area (TPSA) is 96.0 Å². The lowest BCUT2D eigenvalue weighted by Gasteiger charge is -2.32. The van der Waals surface area contributed by atoms with Gasteiger partial charge in [-0.25, -0.2) is 12.8 Å². The molecule has 214 valence electrons. The molecule has 0 unspecified atom stereocenters. The lowest BCUT2D eigenvalue weighted by molar-refractivity contribution is -0.139. The van der Waals surface area contributed by atoms with Crippen LogP contribution in [0.15, 0.2) is 77.7 Å². The minimum Gasteiger partial charge on any atom is -0.494 e. The minimum atomic E-state index is -4.29. The zero-order valence-corrected chi connectivity index (χ0v) is 24.4. The number of nitrogens with zero attached hydrogens (tertiary/aromatic N) is 2. The van der Waals surface area contributed by atoms with Crippen LogP contribution in [0.3, 0.4) is 0 Å². The molecule has 0 radical (unpaired) electrons. The zero-order valence-electron chi connectivity index (χ0n) is 22.8. The molecule has 0 aliphatic carbocycles. The van der Waals surface area contributed by atoms with Crippen LogP contribution in [0.5, 0.6) is 5.75 Å². The normalized spacial score (nSPS) is 12.1. The Morgan fingerprint density at radius 3 is 2.23 bits per heavy atom. The highest BCUT2D eigenvalue weighted by Gasteiger charge is 2.32. The molecular weight excluding hydrogens is 557 g/mol. The van der Waals surface area contributed by atoms with E-state index in [0.717, 1.165) is 16.4 Å². The molecule has 0 heterocycles. The van der Waals surface area contributed by atoms with Crippen LogP contribution in [0.1, 0.15) is 33.3 Å². The van der Waals surface area contributed by atoms with Gasteiger partial charge in [0.25, 0.3) is 10.0 Å². The van der Waals surface area contributed by atoms with E-state index in [4.69, 9.17) is 16.3 Å². The molecule has 0 aliphatic rings. The Kier molecular flexibility index (Phi) is 10.5. The standard InChI is InChI=1S/C29H33ClFN3O5S/c1-5-39-26-13-15-27(16-14-26)40(37,38)34(25-11-9-24(31)10-12-25)19-28(35)33(21(4)29(36)32-20(2)3)18-22-7-6-8-23(30)17-22/h6-17,20-21H,5,18-19H2,1-4H3,(H,32,36)/t21-/m0/s1. The van der Waals surface area contributed by atoms with E-state index >= 15 is 0 Å². The lowest BCUT2D eigenvalue weighted by atomic mass is 10.1. The van der Waals surface area contributed by atoms with Crippen molar-refractivity contribution in [3.05, 3.63) is 89.2 Å². The monoisotopic (exact) mass is 589 g/mol. The van der Waals surface area contributed by atoms with E-state index in [9.17, 15) is 22.4 Å². The van der Waals surface area contributed by atoms with Gasteiger partial charge in [0.1, 0.15) is 24.2 Å². The predicted octanol–water partition coefficient (Wildman–Crippen LogP) is 5.02. The van der Waals surface area contributed by atoms with Gasteiger partial charge in [-0.3, -0.25) is 13.9 Å². The van der Waals surface area contributed by atoms with Crippen molar-refractivity contribution in [2.24, 2.45) is 0 Å². The Morgan fingerprint density at radius 1 is 1.00 bits per heavy atom. The summed E-state index contributed by atoms with van der Waals surface area (Å²) in [4.78, 5) is 28.0. The molecule has 0 bridgehead atoms. The highest BCUT2D eigenvalue weighted by Crippen LogP contribution is 2.26. The van der Waals surface area contributed by atoms with Crippen LogP contribution in [0.25, 0.3) is 0 Å². The van der Waals surface area contributed by atoms with Crippen LogP contribution in [0.2, 0.25) is 5.02 Å². The number of nitrogens with one attached hydrogen (secondary N) is 1. The predicted molar refractivity (Wildman–Crippen MR) is 153 cm³/mol. The van der Waals surface area contributed by atoms with Crippen molar-refractivity contribution in [1.82, 2.24) is 10.2 Å². The molecule has 3 aromatic rings. The number of halogens is 2. The van der Waals surface area contributed by atoms with Crippen molar-refractivity contribution >= 4 is 39.1 Å². The largest absolute Gasteiger partial charge is 0.494 e. The zero-order chi connectivity index (χ0) is 29.4. The molecule has 3 rings (SSSR count). The first-order chi connectivity index (χ1) is 18.9. The molecule has 1 N–H and O–H groups in total. The Balaban J connectivity index is 2.02. The van der Waals surface area contributed by atoms with Crippen LogP contribution in [0.4, 0.5) is 10.1 Å². The number of ether oxygens (including phenoxy) is 1. The van der Waals surface area contributed by atoms with E-state index in [1.165, 1.54) is 41.3 Å². The smallest absolute Gasteiger partial charge is 0.264 e. The van der Waals surface area contributed by atoms with Crippen LogP contribution >= 0.6 is 11.6 Å². The van der Waals surface area contributed by atoms with E-state index in [0.29, 0.717) is 22.9 Å². The molecule has 0 saturated carbocycles. The Bertz CT molecular complexity index is 1420. The van der Waals surface area contributed by atoms with Crippen molar-refractivity contribution in [3.63, 3.8) is 0 Å². The quantitative estimate of drug-likeness (QED) is 0.320. The maximum absolute atomic E-state index is 13.8. The summed E-state index contributed by atoms with van der Waals surface area (Å²) in [5.74, 6) is -1.10. The van der Waals surface area contributed by atoms with Gasteiger partial charge in [-0.2, -0.15) is 0 Å². The maximum Gasteiger partial charge on any atom is 0.264 e. The van der Waals surface area contributed by atoms with Crippen molar-refractivity contribution in [3.8, 4) is 5.75 Å². The first kappa shape index (κ1) is 30.9. The Hall–Kier alpha value is -3.63. The number of hydrogen-bond donors (Lipinski definition) is 1. The van der Waals surface area contributed by atoms with Crippen molar-refractivity contribution in [2.45, 2.75) is 51.2 Å². The number of anilines is 1. The highest BCUT2D eigenvalue weighted by atomic mass is 35.5. The fraction of sp³-hybridized carbons (Fsp3) is 0.310. The van der Waals surface area contributed by atoms with Gasteiger partial charge in [0.15, 0.2) is 0 Å². The van der Waals surface area contributed by atoms with Gasteiger partial charge in [0, 0.05) is 17.6 Å². The SMILES string of the molecule is CCOc1ccc(S(=O)(=O)N(CC(=O)N(Cc2cccc(Cl)c2)[C@@H](C)C(=O)NC(C)C)c2ccc(F)cc2)cc1. The van der Waals surface area contributed by atoms with Crippen molar-refractivity contribution < 1.29 is 27.1 Å². The number of hydrogen-bond acceptors (Lipinski definition) is 5. The molecule has 8 nitrogen and oxygen atoms in total. The summed E-state index contributed by atoms with van der Waals surface area (Å²) in [7, 11) is -4.29. The maximum atomic E-state index is 13.8. The molecule has 1 atom stereocenters. The fourth-order valence-corrected chi connectivity index (χ4v) is 5.58. The second-order valence-corrected chi connectivity index (χ2v) is 11.7. The van der Waals surface area contributed by atoms with Gasteiger partial charge in [-0.1, -0.05) is 23.7 Å². The summed E-state index contributed by atoms with van der Waals surface area (Å²) in [5, 5.41) is 3.25. The Morgan fingerprint density at radius 2 is 1.65 bits per heavy atom. The van der Waals surface area contributed by atoms with Crippen LogP contribution in [-0.4, -0.2) is 50.4 Å². The summed E-state index contributed by atoms with van der Waals surface area (Å²) >= 11 is 6.14. The molecule has 11 heteroatoms. The lowest BCUT2D eigenvalue weighted by Crippen LogP contribution is -2.52. The molecule has 0 fully saturated rings. The molecule has 3 aromatic carbocycles. The van der Waals surface area contributed by atoms with Gasteiger partial charge in [0.05, 0.1) is 17.2 Å². The third kappa shape index (κ3) is 7.95. The number of sulfonamides is 1. The third-order valence-corrected chi connectivity index (χ3v) is 7.98. The number of benzene rings is 3. The molecule has 2 amide bonds. The summed E-state index contributed by atoms with van der Waals surface area (Å²) in [6, 6.07) is 16.3.